The van der Waals surface area contributed by atoms with Gasteiger partial charge >= 0.3 is 0 Å². The zero-order valence-electron chi connectivity index (χ0n) is 15.3. The van der Waals surface area contributed by atoms with Crippen molar-refractivity contribution in [3.63, 3.8) is 0 Å². The molecule has 0 saturated heterocycles. The van der Waals surface area contributed by atoms with Crippen molar-refractivity contribution < 1.29 is 0 Å². The van der Waals surface area contributed by atoms with Crippen LogP contribution < -0.4 is 5.32 Å². The van der Waals surface area contributed by atoms with Crippen LogP contribution in [0.5, 0.6) is 0 Å². The van der Waals surface area contributed by atoms with Crippen LogP contribution in [0, 0.1) is 6.92 Å². The lowest BCUT2D eigenvalue weighted by atomic mass is 10.2. The maximum atomic E-state index is 6.43. The van der Waals surface area contributed by atoms with Crippen LogP contribution >= 0.6 is 11.6 Å². The van der Waals surface area contributed by atoms with Gasteiger partial charge in [-0.1, -0.05) is 24.6 Å². The third-order valence-corrected chi connectivity index (χ3v) is 4.68. The fraction of sp³-hybridized carbons (Fsp3) is 0.190. The number of aryl methyl sites for hydroxylation is 2. The fourth-order valence-corrected chi connectivity index (χ4v) is 3.36. The molecule has 0 spiro atoms. The van der Waals surface area contributed by atoms with Crippen LogP contribution in [-0.2, 0) is 6.54 Å². The first-order chi connectivity index (χ1) is 13.2. The van der Waals surface area contributed by atoms with Crippen LogP contribution in [0.1, 0.15) is 19.0 Å². The van der Waals surface area contributed by atoms with Crippen molar-refractivity contribution in [1.82, 2.24) is 19.5 Å². The molecule has 0 saturated carbocycles. The van der Waals surface area contributed by atoms with E-state index in [9.17, 15) is 0 Å². The number of pyridine rings is 2. The number of benzene rings is 1. The van der Waals surface area contributed by atoms with Gasteiger partial charge in [-0.3, -0.25) is 4.98 Å². The molecule has 0 aliphatic rings. The van der Waals surface area contributed by atoms with Gasteiger partial charge in [0.15, 0.2) is 0 Å². The van der Waals surface area contributed by atoms with E-state index >= 15 is 0 Å². The number of halogens is 1. The number of aromatic nitrogens is 4. The van der Waals surface area contributed by atoms with Crippen molar-refractivity contribution in [2.24, 2.45) is 0 Å². The molecule has 0 aliphatic carbocycles. The quantitative estimate of drug-likeness (QED) is 0.491. The maximum absolute atomic E-state index is 6.43. The van der Waals surface area contributed by atoms with E-state index < -0.39 is 0 Å². The Labute approximate surface area is 163 Å². The molecule has 4 rings (SSSR count). The lowest BCUT2D eigenvalue weighted by Gasteiger charge is -2.10. The Balaban J connectivity index is 1.68. The van der Waals surface area contributed by atoms with Crippen molar-refractivity contribution in [2.45, 2.75) is 26.8 Å². The van der Waals surface area contributed by atoms with Gasteiger partial charge in [0.1, 0.15) is 11.6 Å². The molecule has 1 aromatic carbocycles. The zero-order chi connectivity index (χ0) is 18.8. The summed E-state index contributed by atoms with van der Waals surface area (Å²) >= 11 is 6.43. The van der Waals surface area contributed by atoms with Gasteiger partial charge in [0.05, 0.1) is 27.9 Å². The molecule has 0 unspecified atom stereocenters. The Kier molecular flexibility index (Phi) is 4.77. The van der Waals surface area contributed by atoms with E-state index in [1.54, 1.807) is 6.20 Å². The molecular weight excluding hydrogens is 358 g/mol. The number of anilines is 2. The summed E-state index contributed by atoms with van der Waals surface area (Å²) in [5, 5.41) is 3.98. The van der Waals surface area contributed by atoms with Gasteiger partial charge in [0, 0.05) is 24.0 Å². The summed E-state index contributed by atoms with van der Waals surface area (Å²) in [5.74, 6) is 1.65. The van der Waals surface area contributed by atoms with Gasteiger partial charge in [-0.2, -0.15) is 0 Å². The van der Waals surface area contributed by atoms with Crippen molar-refractivity contribution in [1.29, 1.82) is 0 Å². The summed E-state index contributed by atoms with van der Waals surface area (Å²) < 4.78 is 2.17. The molecule has 0 atom stereocenters. The van der Waals surface area contributed by atoms with Gasteiger partial charge < -0.3 is 9.88 Å². The van der Waals surface area contributed by atoms with Crippen molar-refractivity contribution >= 4 is 34.1 Å². The van der Waals surface area contributed by atoms with Crippen LogP contribution in [-0.4, -0.2) is 19.5 Å². The highest BCUT2D eigenvalue weighted by atomic mass is 35.5. The minimum Gasteiger partial charge on any atom is -0.339 e. The van der Waals surface area contributed by atoms with E-state index in [-0.39, 0.29) is 0 Å². The van der Waals surface area contributed by atoms with E-state index in [1.807, 2.05) is 55.6 Å². The molecule has 0 bridgehead atoms. The molecule has 1 N–H and O–H groups in total. The summed E-state index contributed by atoms with van der Waals surface area (Å²) in [7, 11) is 0. The fourth-order valence-electron chi connectivity index (χ4n) is 3.09. The molecule has 3 aromatic heterocycles. The average Bonchev–Trinajstić information content (AvgIpc) is 3.04. The molecule has 0 aliphatic heterocycles. The number of hydrogen-bond donors (Lipinski definition) is 1. The second-order valence-corrected chi connectivity index (χ2v) is 6.85. The lowest BCUT2D eigenvalue weighted by molar-refractivity contribution is 0.704. The average molecular weight is 378 g/mol. The summed E-state index contributed by atoms with van der Waals surface area (Å²) in [5.41, 5.74) is 4.73. The highest BCUT2D eigenvalue weighted by Gasteiger charge is 2.14. The Bertz CT molecular complexity index is 1070. The molecule has 5 nitrogen and oxygen atoms in total. The number of fused-ring (bicyclic) bond motifs is 1. The van der Waals surface area contributed by atoms with E-state index in [0.717, 1.165) is 57.6 Å². The number of imidazole rings is 1. The van der Waals surface area contributed by atoms with Crippen LogP contribution in [0.15, 0.2) is 54.9 Å². The van der Waals surface area contributed by atoms with E-state index in [1.165, 1.54) is 0 Å². The maximum Gasteiger partial charge on any atom is 0.142 e. The minimum absolute atomic E-state index is 0.720. The number of nitrogens with zero attached hydrogens (tertiary/aromatic N) is 4. The molecular formula is C21H20ClN5. The predicted molar refractivity (Wildman–Crippen MR) is 111 cm³/mol. The first-order valence-electron chi connectivity index (χ1n) is 8.96. The summed E-state index contributed by atoms with van der Waals surface area (Å²) in [4.78, 5) is 13.6. The van der Waals surface area contributed by atoms with E-state index in [0.29, 0.717) is 0 Å². The second-order valence-electron chi connectivity index (χ2n) is 6.44. The molecule has 0 radical (unpaired) electrons. The van der Waals surface area contributed by atoms with Crippen molar-refractivity contribution in [3.8, 4) is 11.4 Å². The number of hydrogen-bond acceptors (Lipinski definition) is 4. The largest absolute Gasteiger partial charge is 0.339 e. The van der Waals surface area contributed by atoms with Gasteiger partial charge in [-0.15, -0.1) is 0 Å². The topological polar surface area (TPSA) is 55.6 Å². The van der Waals surface area contributed by atoms with E-state index in [4.69, 9.17) is 16.6 Å². The second kappa shape index (κ2) is 7.37. The standard InChI is InChI=1S/C21H20ClN5/c1-3-11-27-20-17(22)5-4-6-18(20)26-21(27)15-8-10-19(24-12-15)25-16-9-7-14(2)23-13-16/h4-10,12-13H,3,11H2,1-2H3,(H,24,25). The summed E-state index contributed by atoms with van der Waals surface area (Å²) in [6.07, 6.45) is 4.63. The van der Waals surface area contributed by atoms with Crippen LogP contribution in [0.25, 0.3) is 22.4 Å². The van der Waals surface area contributed by atoms with Gasteiger partial charge in [-0.25, -0.2) is 9.97 Å². The predicted octanol–water partition coefficient (Wildman–Crippen LogP) is 5.61. The Morgan fingerprint density at radius 2 is 1.93 bits per heavy atom. The molecule has 3 heterocycles. The highest BCUT2D eigenvalue weighted by Crippen LogP contribution is 2.30. The zero-order valence-corrected chi connectivity index (χ0v) is 16.0. The molecule has 27 heavy (non-hydrogen) atoms. The Morgan fingerprint density at radius 3 is 2.63 bits per heavy atom. The monoisotopic (exact) mass is 377 g/mol. The van der Waals surface area contributed by atoms with E-state index in [2.05, 4.69) is 26.8 Å². The number of rotatable bonds is 5. The number of para-hydroxylation sites is 1. The third-order valence-electron chi connectivity index (χ3n) is 4.37. The van der Waals surface area contributed by atoms with Crippen molar-refractivity contribution in [3.05, 3.63) is 65.6 Å². The summed E-state index contributed by atoms with van der Waals surface area (Å²) in [6, 6.07) is 13.8. The molecule has 0 amide bonds. The van der Waals surface area contributed by atoms with Gasteiger partial charge in [0.2, 0.25) is 0 Å². The normalized spacial score (nSPS) is 11.1. The van der Waals surface area contributed by atoms with Crippen molar-refractivity contribution in [2.75, 3.05) is 5.32 Å². The molecule has 136 valence electrons. The summed E-state index contributed by atoms with van der Waals surface area (Å²) in [6.45, 7) is 4.96. The minimum atomic E-state index is 0.720. The van der Waals surface area contributed by atoms with Crippen LogP contribution in [0.3, 0.4) is 0 Å². The van der Waals surface area contributed by atoms with Crippen LogP contribution in [0.2, 0.25) is 5.02 Å². The SMILES string of the molecule is CCCn1c(-c2ccc(Nc3ccc(C)nc3)nc2)nc2cccc(Cl)c21. The lowest BCUT2D eigenvalue weighted by Crippen LogP contribution is -2.01. The Hall–Kier alpha value is -2.92. The smallest absolute Gasteiger partial charge is 0.142 e. The van der Waals surface area contributed by atoms with Gasteiger partial charge in [0.25, 0.3) is 0 Å². The third kappa shape index (κ3) is 3.51. The van der Waals surface area contributed by atoms with Crippen LogP contribution in [0.4, 0.5) is 11.5 Å². The van der Waals surface area contributed by atoms with Gasteiger partial charge in [-0.05, 0) is 49.7 Å². The molecule has 0 fully saturated rings. The first kappa shape index (κ1) is 17.5. The number of nitrogens with one attached hydrogen (secondary N) is 1. The molecule has 6 heteroatoms. The molecule has 4 aromatic rings. The first-order valence-corrected chi connectivity index (χ1v) is 9.34. The highest BCUT2D eigenvalue weighted by molar-refractivity contribution is 6.35. The Morgan fingerprint density at radius 1 is 1.04 bits per heavy atom.